The highest BCUT2D eigenvalue weighted by Gasteiger charge is 2.15. The maximum absolute atomic E-state index is 10.9. The van der Waals surface area contributed by atoms with Crippen LogP contribution in [0.25, 0.3) is 0 Å². The quantitative estimate of drug-likeness (QED) is 0.645. The Bertz CT molecular complexity index is 627. The first-order valence-corrected chi connectivity index (χ1v) is 5.89. The van der Waals surface area contributed by atoms with Gasteiger partial charge < -0.3 is 14.9 Å². The first kappa shape index (κ1) is 13.8. The molecule has 0 aliphatic heterocycles. The Morgan fingerprint density at radius 3 is 2.60 bits per heavy atom. The van der Waals surface area contributed by atoms with Crippen LogP contribution in [-0.2, 0) is 13.2 Å². The molecular formula is C14H13NO5. The van der Waals surface area contributed by atoms with E-state index in [1.54, 1.807) is 12.1 Å². The second-order valence-electron chi connectivity index (χ2n) is 4.18. The van der Waals surface area contributed by atoms with Crippen molar-refractivity contribution in [3.63, 3.8) is 0 Å². The SMILES string of the molecule is O=[N+]([O-])c1ccc(CO)cc1OCc1cccc(O)c1. The van der Waals surface area contributed by atoms with Crippen molar-refractivity contribution in [1.82, 2.24) is 0 Å². The van der Waals surface area contributed by atoms with Crippen molar-refractivity contribution in [1.29, 1.82) is 0 Å². The van der Waals surface area contributed by atoms with E-state index in [1.807, 2.05) is 0 Å². The van der Waals surface area contributed by atoms with Gasteiger partial charge in [0, 0.05) is 6.07 Å². The van der Waals surface area contributed by atoms with E-state index < -0.39 is 4.92 Å². The van der Waals surface area contributed by atoms with E-state index in [4.69, 9.17) is 9.84 Å². The van der Waals surface area contributed by atoms with Gasteiger partial charge in [0.2, 0.25) is 0 Å². The minimum Gasteiger partial charge on any atom is -0.508 e. The monoisotopic (exact) mass is 275 g/mol. The van der Waals surface area contributed by atoms with Gasteiger partial charge in [-0.05, 0) is 35.4 Å². The summed E-state index contributed by atoms with van der Waals surface area (Å²) in [5.74, 6) is 0.189. The number of nitrogens with zero attached hydrogens (tertiary/aromatic N) is 1. The number of hydrogen-bond acceptors (Lipinski definition) is 5. The summed E-state index contributed by atoms with van der Waals surface area (Å²) in [4.78, 5) is 10.4. The summed E-state index contributed by atoms with van der Waals surface area (Å²) in [6.45, 7) is -0.134. The smallest absolute Gasteiger partial charge is 0.310 e. The second kappa shape index (κ2) is 6.03. The van der Waals surface area contributed by atoms with Gasteiger partial charge in [0.05, 0.1) is 11.5 Å². The molecule has 0 saturated carbocycles. The molecule has 0 aliphatic carbocycles. The van der Waals surface area contributed by atoms with Crippen LogP contribution in [0.4, 0.5) is 5.69 Å². The molecule has 2 aromatic carbocycles. The highest BCUT2D eigenvalue weighted by molar-refractivity contribution is 5.48. The van der Waals surface area contributed by atoms with Crippen LogP contribution in [-0.4, -0.2) is 15.1 Å². The number of nitro benzene ring substituents is 1. The third-order valence-electron chi connectivity index (χ3n) is 2.71. The number of nitro groups is 1. The Morgan fingerprint density at radius 2 is 1.95 bits per heavy atom. The van der Waals surface area contributed by atoms with Gasteiger partial charge in [-0.2, -0.15) is 0 Å². The van der Waals surface area contributed by atoms with Gasteiger partial charge in [0.15, 0.2) is 5.75 Å². The first-order valence-electron chi connectivity index (χ1n) is 5.89. The number of aliphatic hydroxyl groups is 1. The van der Waals surface area contributed by atoms with Crippen molar-refractivity contribution in [2.75, 3.05) is 0 Å². The minimum atomic E-state index is -0.543. The summed E-state index contributed by atoms with van der Waals surface area (Å²) in [6.07, 6.45) is 0. The Labute approximate surface area is 115 Å². The van der Waals surface area contributed by atoms with Crippen LogP contribution >= 0.6 is 0 Å². The van der Waals surface area contributed by atoms with Crippen LogP contribution in [0.1, 0.15) is 11.1 Å². The standard InChI is InChI=1S/C14H13NO5/c16-8-10-4-5-13(15(18)19)14(7-10)20-9-11-2-1-3-12(17)6-11/h1-7,16-17H,8-9H2. The molecule has 0 amide bonds. The van der Waals surface area contributed by atoms with Crippen molar-refractivity contribution in [3.8, 4) is 11.5 Å². The number of rotatable bonds is 5. The molecule has 0 spiro atoms. The summed E-state index contributed by atoms with van der Waals surface area (Å²) in [5.41, 5.74) is 1.05. The van der Waals surface area contributed by atoms with Crippen molar-refractivity contribution in [2.24, 2.45) is 0 Å². The molecule has 0 fully saturated rings. The van der Waals surface area contributed by atoms with Gasteiger partial charge in [0.1, 0.15) is 12.4 Å². The molecule has 0 saturated heterocycles. The second-order valence-corrected chi connectivity index (χ2v) is 4.18. The molecule has 2 N–H and O–H groups in total. The van der Waals surface area contributed by atoms with Crippen LogP contribution in [0.2, 0.25) is 0 Å². The predicted octanol–water partition coefficient (Wildman–Crippen LogP) is 2.37. The van der Waals surface area contributed by atoms with Gasteiger partial charge in [-0.1, -0.05) is 12.1 Å². The van der Waals surface area contributed by atoms with Gasteiger partial charge >= 0.3 is 5.69 Å². The molecule has 0 unspecified atom stereocenters. The highest BCUT2D eigenvalue weighted by Crippen LogP contribution is 2.29. The normalized spacial score (nSPS) is 10.2. The first-order chi connectivity index (χ1) is 9.60. The van der Waals surface area contributed by atoms with Crippen molar-refractivity contribution >= 4 is 5.69 Å². The topological polar surface area (TPSA) is 92.8 Å². The molecule has 6 heteroatoms. The van der Waals surface area contributed by atoms with Crippen molar-refractivity contribution in [3.05, 3.63) is 63.7 Å². The summed E-state index contributed by atoms with van der Waals surface area (Å²) >= 11 is 0. The van der Waals surface area contributed by atoms with Gasteiger partial charge in [-0.15, -0.1) is 0 Å². The molecule has 6 nitrogen and oxygen atoms in total. The van der Waals surface area contributed by atoms with E-state index in [0.29, 0.717) is 11.1 Å². The molecule has 104 valence electrons. The zero-order valence-corrected chi connectivity index (χ0v) is 10.5. The summed E-state index contributed by atoms with van der Waals surface area (Å²) < 4.78 is 5.42. The fourth-order valence-electron chi connectivity index (χ4n) is 1.73. The number of aromatic hydroxyl groups is 1. The molecule has 0 aliphatic rings. The van der Waals surface area contributed by atoms with Gasteiger partial charge in [-0.3, -0.25) is 10.1 Å². The Balaban J connectivity index is 2.21. The third-order valence-corrected chi connectivity index (χ3v) is 2.71. The lowest BCUT2D eigenvalue weighted by molar-refractivity contribution is -0.386. The predicted molar refractivity (Wildman–Crippen MR) is 71.5 cm³/mol. The van der Waals surface area contributed by atoms with Crippen molar-refractivity contribution in [2.45, 2.75) is 13.2 Å². The van der Waals surface area contributed by atoms with Crippen LogP contribution in [0.3, 0.4) is 0 Å². The lowest BCUT2D eigenvalue weighted by Crippen LogP contribution is -2.00. The largest absolute Gasteiger partial charge is 0.508 e. The van der Waals surface area contributed by atoms with E-state index >= 15 is 0 Å². The molecule has 2 rings (SSSR count). The van der Waals surface area contributed by atoms with E-state index in [-0.39, 0.29) is 30.4 Å². The summed E-state index contributed by atoms with van der Waals surface area (Å²) in [7, 11) is 0. The number of aliphatic hydroxyl groups excluding tert-OH is 1. The molecule has 0 bridgehead atoms. The molecule has 2 aromatic rings. The highest BCUT2D eigenvalue weighted by atomic mass is 16.6. The average molecular weight is 275 g/mol. The number of ether oxygens (including phenoxy) is 1. The molecular weight excluding hydrogens is 262 g/mol. The maximum Gasteiger partial charge on any atom is 0.310 e. The average Bonchev–Trinajstić information content (AvgIpc) is 2.44. The molecule has 0 aromatic heterocycles. The van der Waals surface area contributed by atoms with E-state index in [0.717, 1.165) is 0 Å². The van der Waals surface area contributed by atoms with Crippen LogP contribution in [0.15, 0.2) is 42.5 Å². The number of phenolic OH excluding ortho intramolecular Hbond substituents is 1. The van der Waals surface area contributed by atoms with E-state index in [2.05, 4.69) is 0 Å². The minimum absolute atomic E-state index is 0.0874. The Hall–Kier alpha value is -2.60. The molecule has 0 heterocycles. The number of hydrogen-bond donors (Lipinski definition) is 2. The van der Waals surface area contributed by atoms with E-state index in [9.17, 15) is 15.2 Å². The van der Waals surface area contributed by atoms with E-state index in [1.165, 1.54) is 30.3 Å². The van der Waals surface area contributed by atoms with Crippen molar-refractivity contribution < 1.29 is 19.9 Å². The Morgan fingerprint density at radius 1 is 1.15 bits per heavy atom. The number of benzene rings is 2. The fourth-order valence-corrected chi connectivity index (χ4v) is 1.73. The van der Waals surface area contributed by atoms with Crippen LogP contribution in [0, 0.1) is 10.1 Å². The Kier molecular flexibility index (Phi) is 4.17. The van der Waals surface area contributed by atoms with Crippen LogP contribution < -0.4 is 4.74 Å². The third kappa shape index (κ3) is 3.24. The lowest BCUT2D eigenvalue weighted by Gasteiger charge is -2.08. The van der Waals surface area contributed by atoms with Gasteiger partial charge in [-0.25, -0.2) is 0 Å². The number of phenols is 1. The zero-order chi connectivity index (χ0) is 14.5. The summed E-state index contributed by atoms with van der Waals surface area (Å²) in [5, 5.41) is 29.3. The molecule has 0 atom stereocenters. The zero-order valence-electron chi connectivity index (χ0n) is 10.5. The van der Waals surface area contributed by atoms with Crippen LogP contribution in [0.5, 0.6) is 11.5 Å². The van der Waals surface area contributed by atoms with Gasteiger partial charge in [0.25, 0.3) is 0 Å². The molecule has 20 heavy (non-hydrogen) atoms. The molecule has 0 radical (unpaired) electrons. The fraction of sp³-hybridized carbons (Fsp3) is 0.143. The maximum atomic E-state index is 10.9. The summed E-state index contributed by atoms with van der Waals surface area (Å²) in [6, 6.07) is 10.6. The lowest BCUT2D eigenvalue weighted by atomic mass is 10.2.